The van der Waals surface area contributed by atoms with Crippen LogP contribution < -0.4 is 4.72 Å². The maximum absolute atomic E-state index is 12.7. The summed E-state index contributed by atoms with van der Waals surface area (Å²) in [5.41, 5.74) is 1.91. The summed E-state index contributed by atoms with van der Waals surface area (Å²) in [4.78, 5) is 17.0. The Morgan fingerprint density at radius 3 is 2.30 bits per heavy atom. The molecule has 0 radical (unpaired) electrons. The molecule has 6 nitrogen and oxygen atoms in total. The largest absolute Gasteiger partial charge is 0.336 e. The minimum absolute atomic E-state index is 0.101. The Morgan fingerprint density at radius 2 is 1.78 bits per heavy atom. The van der Waals surface area contributed by atoms with Crippen molar-refractivity contribution in [1.82, 2.24) is 14.5 Å². The van der Waals surface area contributed by atoms with Crippen molar-refractivity contribution in [3.8, 4) is 0 Å². The van der Waals surface area contributed by atoms with E-state index in [1.54, 1.807) is 17.9 Å². The molecule has 1 amide bonds. The molecule has 1 aromatic carbocycles. The fraction of sp³-hybridized carbons (Fsp3) is 0.562. The Labute approximate surface area is 138 Å². The van der Waals surface area contributed by atoms with E-state index in [4.69, 9.17) is 0 Å². The zero-order chi connectivity index (χ0) is 17.2. The second-order valence-electron chi connectivity index (χ2n) is 5.85. The van der Waals surface area contributed by atoms with Gasteiger partial charge in [-0.2, -0.15) is 0 Å². The van der Waals surface area contributed by atoms with E-state index in [-0.39, 0.29) is 10.8 Å². The molecule has 0 spiro atoms. The van der Waals surface area contributed by atoms with Crippen molar-refractivity contribution >= 4 is 15.9 Å². The molecule has 1 heterocycles. The van der Waals surface area contributed by atoms with Crippen molar-refractivity contribution in [2.24, 2.45) is 0 Å². The van der Waals surface area contributed by atoms with Gasteiger partial charge >= 0.3 is 0 Å². The predicted molar refractivity (Wildman–Crippen MR) is 90.2 cm³/mol. The molecule has 1 fully saturated rings. The Morgan fingerprint density at radius 1 is 1.17 bits per heavy atom. The van der Waals surface area contributed by atoms with Crippen molar-refractivity contribution in [2.45, 2.75) is 25.7 Å². The summed E-state index contributed by atoms with van der Waals surface area (Å²) in [5.74, 6) is -0.101. The van der Waals surface area contributed by atoms with E-state index >= 15 is 0 Å². The average molecular weight is 339 g/mol. The second-order valence-corrected chi connectivity index (χ2v) is 7.71. The Bertz CT molecular complexity index is 693. The van der Waals surface area contributed by atoms with Gasteiger partial charge in [0, 0.05) is 31.7 Å². The quantitative estimate of drug-likeness (QED) is 0.888. The standard InChI is InChI=1S/C16H25N3O3S/c1-5-18-6-8-19(9-7-18)16(20)14-10-12(2)13(3)15(11-14)23(21,22)17-4/h10-11,17H,5-9H2,1-4H3. The summed E-state index contributed by atoms with van der Waals surface area (Å²) in [6.45, 7) is 9.74. The van der Waals surface area contributed by atoms with Gasteiger partial charge in [0.15, 0.2) is 0 Å². The number of hydrogen-bond acceptors (Lipinski definition) is 4. The first-order valence-corrected chi connectivity index (χ1v) is 9.35. The fourth-order valence-electron chi connectivity index (χ4n) is 2.79. The molecule has 0 unspecified atom stereocenters. The van der Waals surface area contributed by atoms with Gasteiger partial charge in [0.2, 0.25) is 10.0 Å². The van der Waals surface area contributed by atoms with E-state index < -0.39 is 10.0 Å². The maximum Gasteiger partial charge on any atom is 0.253 e. The van der Waals surface area contributed by atoms with Crippen molar-refractivity contribution in [2.75, 3.05) is 39.8 Å². The minimum Gasteiger partial charge on any atom is -0.336 e. The van der Waals surface area contributed by atoms with Crippen LogP contribution in [0.2, 0.25) is 0 Å². The van der Waals surface area contributed by atoms with Crippen molar-refractivity contribution in [1.29, 1.82) is 0 Å². The molecule has 1 saturated heterocycles. The first kappa shape index (κ1) is 17.9. The highest BCUT2D eigenvalue weighted by molar-refractivity contribution is 7.89. The third kappa shape index (κ3) is 3.73. The molecule has 0 aromatic heterocycles. The summed E-state index contributed by atoms with van der Waals surface area (Å²) in [5, 5.41) is 0. The molecule has 128 valence electrons. The van der Waals surface area contributed by atoms with Crippen LogP contribution in [0.1, 0.15) is 28.4 Å². The van der Waals surface area contributed by atoms with Crippen LogP contribution in [0, 0.1) is 13.8 Å². The molecular formula is C16H25N3O3S. The Hall–Kier alpha value is -1.44. The monoisotopic (exact) mass is 339 g/mol. The van der Waals surface area contributed by atoms with Crippen LogP contribution in [0.5, 0.6) is 0 Å². The Kier molecular flexibility index (Phi) is 5.44. The molecule has 2 rings (SSSR count). The zero-order valence-electron chi connectivity index (χ0n) is 14.2. The Balaban J connectivity index is 2.32. The fourth-order valence-corrected chi connectivity index (χ4v) is 3.86. The lowest BCUT2D eigenvalue weighted by Gasteiger charge is -2.34. The van der Waals surface area contributed by atoms with Crippen LogP contribution in [0.4, 0.5) is 0 Å². The van der Waals surface area contributed by atoms with Gasteiger partial charge in [0.25, 0.3) is 5.91 Å². The number of aryl methyl sites for hydroxylation is 1. The summed E-state index contributed by atoms with van der Waals surface area (Å²) >= 11 is 0. The van der Waals surface area contributed by atoms with E-state index in [9.17, 15) is 13.2 Å². The number of nitrogens with zero attached hydrogens (tertiary/aromatic N) is 2. The lowest BCUT2D eigenvalue weighted by Crippen LogP contribution is -2.48. The molecule has 7 heteroatoms. The molecule has 0 aliphatic carbocycles. The van der Waals surface area contributed by atoms with E-state index in [1.165, 1.54) is 13.1 Å². The third-order valence-corrected chi connectivity index (χ3v) is 6.07. The number of carbonyl (C=O) groups is 1. The van der Waals surface area contributed by atoms with Crippen LogP contribution in [-0.2, 0) is 10.0 Å². The van der Waals surface area contributed by atoms with E-state index in [0.29, 0.717) is 24.2 Å². The van der Waals surface area contributed by atoms with E-state index in [1.807, 2.05) is 6.92 Å². The molecule has 0 bridgehead atoms. The SMILES string of the molecule is CCN1CCN(C(=O)c2cc(C)c(C)c(S(=O)(=O)NC)c2)CC1. The van der Waals surface area contributed by atoms with Crippen molar-refractivity contribution in [3.05, 3.63) is 28.8 Å². The van der Waals surface area contributed by atoms with Crippen LogP contribution in [0.3, 0.4) is 0 Å². The maximum atomic E-state index is 12.7. The van der Waals surface area contributed by atoms with Gasteiger partial charge in [-0.15, -0.1) is 0 Å². The highest BCUT2D eigenvalue weighted by Gasteiger charge is 2.24. The molecule has 1 aliphatic rings. The van der Waals surface area contributed by atoms with E-state index in [0.717, 1.165) is 25.2 Å². The predicted octanol–water partition coefficient (Wildman–Crippen LogP) is 0.989. The number of piperazine rings is 1. The molecule has 0 saturated carbocycles. The molecule has 1 aliphatic heterocycles. The second kappa shape index (κ2) is 6.98. The first-order valence-electron chi connectivity index (χ1n) is 7.86. The lowest BCUT2D eigenvalue weighted by atomic mass is 10.0. The molecule has 23 heavy (non-hydrogen) atoms. The summed E-state index contributed by atoms with van der Waals surface area (Å²) in [7, 11) is -2.20. The van der Waals surface area contributed by atoms with Crippen LogP contribution in [0.25, 0.3) is 0 Å². The van der Waals surface area contributed by atoms with Gasteiger partial charge in [-0.1, -0.05) is 6.92 Å². The number of hydrogen-bond donors (Lipinski definition) is 1. The number of benzene rings is 1. The average Bonchev–Trinajstić information content (AvgIpc) is 2.56. The molecule has 1 N–H and O–H groups in total. The number of sulfonamides is 1. The summed E-state index contributed by atoms with van der Waals surface area (Å²) < 4.78 is 26.7. The van der Waals surface area contributed by atoms with E-state index in [2.05, 4.69) is 16.5 Å². The number of rotatable bonds is 4. The first-order chi connectivity index (χ1) is 10.8. The van der Waals surface area contributed by atoms with Gasteiger partial charge in [-0.05, 0) is 50.7 Å². The zero-order valence-corrected chi connectivity index (χ0v) is 15.0. The van der Waals surface area contributed by atoms with Gasteiger partial charge in [0.05, 0.1) is 4.90 Å². The number of amides is 1. The summed E-state index contributed by atoms with van der Waals surface area (Å²) in [6, 6.07) is 3.27. The number of nitrogens with one attached hydrogen (secondary N) is 1. The normalized spacial score (nSPS) is 16.6. The van der Waals surface area contributed by atoms with Crippen LogP contribution >= 0.6 is 0 Å². The summed E-state index contributed by atoms with van der Waals surface area (Å²) in [6.07, 6.45) is 0. The third-order valence-electron chi connectivity index (χ3n) is 4.53. The molecule has 1 aromatic rings. The van der Waals surface area contributed by atoms with Crippen molar-refractivity contribution in [3.63, 3.8) is 0 Å². The van der Waals surface area contributed by atoms with Gasteiger partial charge in [-0.3, -0.25) is 4.79 Å². The number of likely N-dealkylation sites (N-methyl/N-ethyl adjacent to an activating group) is 1. The van der Waals surface area contributed by atoms with Gasteiger partial charge < -0.3 is 9.80 Å². The van der Waals surface area contributed by atoms with Crippen molar-refractivity contribution < 1.29 is 13.2 Å². The van der Waals surface area contributed by atoms with Gasteiger partial charge in [-0.25, -0.2) is 13.1 Å². The van der Waals surface area contributed by atoms with Crippen LogP contribution in [0.15, 0.2) is 17.0 Å². The highest BCUT2D eigenvalue weighted by Crippen LogP contribution is 2.22. The molecular weight excluding hydrogens is 314 g/mol. The topological polar surface area (TPSA) is 69.7 Å². The highest BCUT2D eigenvalue weighted by atomic mass is 32.2. The van der Waals surface area contributed by atoms with Gasteiger partial charge in [0.1, 0.15) is 0 Å². The lowest BCUT2D eigenvalue weighted by molar-refractivity contribution is 0.0643. The number of carbonyl (C=O) groups excluding carboxylic acids is 1. The molecule has 0 atom stereocenters. The smallest absolute Gasteiger partial charge is 0.253 e. The van der Waals surface area contributed by atoms with Crippen LogP contribution in [-0.4, -0.2) is 63.9 Å². The minimum atomic E-state index is -3.58.